The van der Waals surface area contributed by atoms with E-state index in [9.17, 15) is 4.79 Å². The third-order valence-electron chi connectivity index (χ3n) is 2.67. The molecule has 0 fully saturated rings. The Hall–Kier alpha value is -2.37. The highest BCUT2D eigenvalue weighted by Crippen LogP contribution is 2.06. The Kier molecular flexibility index (Phi) is 4.12. The van der Waals surface area contributed by atoms with Gasteiger partial charge in [-0.25, -0.2) is 14.9 Å². The van der Waals surface area contributed by atoms with Gasteiger partial charge in [0.15, 0.2) is 11.6 Å². The number of nitrogens with one attached hydrogen (secondary N) is 2. The lowest BCUT2D eigenvalue weighted by atomic mass is 10.3. The molecule has 100 valence electrons. The van der Waals surface area contributed by atoms with Gasteiger partial charge in [-0.05, 0) is 12.1 Å². The number of carbonyl (C=O) groups is 1. The molecule has 0 aliphatic carbocycles. The van der Waals surface area contributed by atoms with Crippen molar-refractivity contribution in [1.82, 2.24) is 14.9 Å². The largest absolute Gasteiger partial charge is 0.338 e. The van der Waals surface area contributed by atoms with Gasteiger partial charge >= 0.3 is 6.03 Å². The summed E-state index contributed by atoms with van der Waals surface area (Å²) in [6.07, 6.45) is 1.41. The summed E-state index contributed by atoms with van der Waals surface area (Å²) in [4.78, 5) is 11.9. The SMILES string of the molecule is CCc1nnc(CC)n1NC(=O)Nc1ccccc1. The van der Waals surface area contributed by atoms with Crippen molar-refractivity contribution in [2.24, 2.45) is 0 Å². The minimum absolute atomic E-state index is 0.310. The second-order valence-electron chi connectivity index (χ2n) is 4.01. The number of para-hydroxylation sites is 1. The molecule has 2 amide bonds. The average Bonchev–Trinajstić information content (AvgIpc) is 2.81. The molecule has 0 spiro atoms. The van der Waals surface area contributed by atoms with Gasteiger partial charge in [0.1, 0.15) is 0 Å². The zero-order valence-corrected chi connectivity index (χ0v) is 11.1. The van der Waals surface area contributed by atoms with Gasteiger partial charge in [0, 0.05) is 18.5 Å². The van der Waals surface area contributed by atoms with Crippen molar-refractivity contribution in [2.75, 3.05) is 10.7 Å². The van der Waals surface area contributed by atoms with E-state index in [0.717, 1.165) is 17.3 Å². The number of urea groups is 1. The Morgan fingerprint density at radius 3 is 2.21 bits per heavy atom. The van der Waals surface area contributed by atoms with Crippen molar-refractivity contribution >= 4 is 11.7 Å². The zero-order chi connectivity index (χ0) is 13.7. The molecule has 0 radical (unpaired) electrons. The van der Waals surface area contributed by atoms with E-state index in [2.05, 4.69) is 20.9 Å². The monoisotopic (exact) mass is 259 g/mol. The fraction of sp³-hybridized carbons (Fsp3) is 0.308. The topological polar surface area (TPSA) is 71.8 Å². The van der Waals surface area contributed by atoms with Crippen LogP contribution in [0.5, 0.6) is 0 Å². The first kappa shape index (κ1) is 13.1. The fourth-order valence-corrected chi connectivity index (χ4v) is 1.72. The van der Waals surface area contributed by atoms with Crippen molar-refractivity contribution in [3.05, 3.63) is 42.0 Å². The fourth-order valence-electron chi connectivity index (χ4n) is 1.72. The molecule has 0 saturated carbocycles. The van der Waals surface area contributed by atoms with E-state index >= 15 is 0 Å². The van der Waals surface area contributed by atoms with Crippen LogP contribution in [-0.2, 0) is 12.8 Å². The molecular formula is C13H17N5O. The molecule has 19 heavy (non-hydrogen) atoms. The molecule has 0 atom stereocenters. The Morgan fingerprint density at radius 1 is 1.11 bits per heavy atom. The lowest BCUT2D eigenvalue weighted by Crippen LogP contribution is -2.30. The van der Waals surface area contributed by atoms with E-state index in [1.54, 1.807) is 4.68 Å². The van der Waals surface area contributed by atoms with Crippen molar-refractivity contribution in [1.29, 1.82) is 0 Å². The lowest BCUT2D eigenvalue weighted by molar-refractivity contribution is 0.259. The highest BCUT2D eigenvalue weighted by atomic mass is 16.2. The second-order valence-corrected chi connectivity index (χ2v) is 4.01. The van der Waals surface area contributed by atoms with E-state index in [1.165, 1.54) is 0 Å². The lowest BCUT2D eigenvalue weighted by Gasteiger charge is -2.11. The standard InChI is InChI=1S/C13H17N5O/c1-3-11-15-16-12(4-2)18(11)17-13(19)14-10-8-6-5-7-9-10/h5-9H,3-4H2,1-2H3,(H2,14,17,19). The summed E-state index contributed by atoms with van der Waals surface area (Å²) in [5.41, 5.74) is 3.49. The Labute approximate surface area is 111 Å². The maximum absolute atomic E-state index is 11.9. The van der Waals surface area contributed by atoms with Gasteiger partial charge in [0.2, 0.25) is 0 Å². The highest BCUT2D eigenvalue weighted by molar-refractivity contribution is 5.95. The number of aromatic nitrogens is 3. The molecule has 1 aromatic heterocycles. The van der Waals surface area contributed by atoms with Crippen LogP contribution >= 0.6 is 0 Å². The molecule has 6 nitrogen and oxygen atoms in total. The molecule has 0 bridgehead atoms. The molecule has 1 aromatic carbocycles. The van der Waals surface area contributed by atoms with E-state index in [-0.39, 0.29) is 6.03 Å². The minimum Gasteiger partial charge on any atom is -0.307 e. The van der Waals surface area contributed by atoms with E-state index in [1.807, 2.05) is 44.2 Å². The number of hydrogen-bond acceptors (Lipinski definition) is 3. The molecule has 1 heterocycles. The normalized spacial score (nSPS) is 10.2. The van der Waals surface area contributed by atoms with Gasteiger partial charge in [0.05, 0.1) is 0 Å². The third-order valence-corrected chi connectivity index (χ3v) is 2.67. The molecule has 0 unspecified atom stereocenters. The molecule has 6 heteroatoms. The summed E-state index contributed by atoms with van der Waals surface area (Å²) in [6.45, 7) is 3.94. The van der Waals surface area contributed by atoms with Crippen LogP contribution < -0.4 is 10.7 Å². The summed E-state index contributed by atoms with van der Waals surface area (Å²) in [5.74, 6) is 1.47. The number of rotatable bonds is 4. The van der Waals surface area contributed by atoms with Gasteiger partial charge < -0.3 is 5.32 Å². The van der Waals surface area contributed by atoms with Crippen LogP contribution in [0, 0.1) is 0 Å². The summed E-state index contributed by atoms with van der Waals surface area (Å²) in [7, 11) is 0. The predicted molar refractivity (Wildman–Crippen MR) is 73.6 cm³/mol. The first-order valence-electron chi connectivity index (χ1n) is 6.30. The smallest absolute Gasteiger partial charge is 0.307 e. The first-order chi connectivity index (χ1) is 9.24. The zero-order valence-electron chi connectivity index (χ0n) is 11.1. The molecule has 2 N–H and O–H groups in total. The van der Waals surface area contributed by atoms with Crippen molar-refractivity contribution in [2.45, 2.75) is 26.7 Å². The maximum Gasteiger partial charge on any atom is 0.338 e. The summed E-state index contributed by atoms with van der Waals surface area (Å²) >= 11 is 0. The number of amides is 2. The summed E-state index contributed by atoms with van der Waals surface area (Å²) in [5, 5.41) is 10.8. The van der Waals surface area contributed by atoms with Crippen LogP contribution in [0.3, 0.4) is 0 Å². The molecule has 2 rings (SSSR count). The quantitative estimate of drug-likeness (QED) is 0.884. The van der Waals surface area contributed by atoms with Gasteiger partial charge in [-0.3, -0.25) is 0 Å². The Morgan fingerprint density at radius 2 is 1.68 bits per heavy atom. The molecular weight excluding hydrogens is 242 g/mol. The van der Waals surface area contributed by atoms with Crippen LogP contribution in [0.4, 0.5) is 10.5 Å². The second kappa shape index (κ2) is 5.99. The number of hydrogen-bond donors (Lipinski definition) is 2. The Balaban J connectivity index is 2.08. The number of aryl methyl sites for hydroxylation is 2. The van der Waals surface area contributed by atoms with Crippen LogP contribution in [0.1, 0.15) is 25.5 Å². The molecule has 2 aromatic rings. The molecule has 0 saturated heterocycles. The van der Waals surface area contributed by atoms with Crippen molar-refractivity contribution in [3.8, 4) is 0 Å². The Bertz CT molecular complexity index is 528. The van der Waals surface area contributed by atoms with Crippen LogP contribution in [0.25, 0.3) is 0 Å². The summed E-state index contributed by atoms with van der Waals surface area (Å²) < 4.78 is 1.64. The van der Waals surface area contributed by atoms with E-state index in [4.69, 9.17) is 0 Å². The van der Waals surface area contributed by atoms with Gasteiger partial charge in [-0.1, -0.05) is 32.0 Å². The number of benzene rings is 1. The molecule has 0 aliphatic heterocycles. The van der Waals surface area contributed by atoms with Crippen LogP contribution in [0.2, 0.25) is 0 Å². The average molecular weight is 259 g/mol. The van der Waals surface area contributed by atoms with Gasteiger partial charge in [-0.2, -0.15) is 0 Å². The molecule has 0 aliphatic rings. The van der Waals surface area contributed by atoms with E-state index in [0.29, 0.717) is 12.8 Å². The predicted octanol–water partition coefficient (Wildman–Crippen LogP) is 2.18. The van der Waals surface area contributed by atoms with E-state index < -0.39 is 0 Å². The van der Waals surface area contributed by atoms with Crippen molar-refractivity contribution in [3.63, 3.8) is 0 Å². The number of anilines is 1. The van der Waals surface area contributed by atoms with Crippen LogP contribution in [0.15, 0.2) is 30.3 Å². The van der Waals surface area contributed by atoms with Crippen LogP contribution in [-0.4, -0.2) is 20.9 Å². The van der Waals surface area contributed by atoms with Crippen molar-refractivity contribution < 1.29 is 4.79 Å². The highest BCUT2D eigenvalue weighted by Gasteiger charge is 2.11. The number of carbonyl (C=O) groups excluding carboxylic acids is 1. The minimum atomic E-state index is -0.310. The van der Waals surface area contributed by atoms with Gasteiger partial charge in [0.25, 0.3) is 0 Å². The maximum atomic E-state index is 11.9. The summed E-state index contributed by atoms with van der Waals surface area (Å²) in [6, 6.07) is 8.97. The third kappa shape index (κ3) is 3.09. The first-order valence-corrected chi connectivity index (χ1v) is 6.30. The van der Waals surface area contributed by atoms with Gasteiger partial charge in [-0.15, -0.1) is 10.2 Å². The number of nitrogens with zero attached hydrogens (tertiary/aromatic N) is 3.